The Balaban J connectivity index is 1.64. The number of para-hydroxylation sites is 2. The number of carbonyl (C=O) groups is 3. The van der Waals surface area contributed by atoms with Gasteiger partial charge in [-0.25, -0.2) is 4.79 Å². The van der Waals surface area contributed by atoms with Gasteiger partial charge in [0.05, 0.1) is 12.7 Å². The second kappa shape index (κ2) is 14.0. The Bertz CT molecular complexity index is 1110. The number of hydrogen-bond donors (Lipinski definition) is 1. The molecule has 0 aromatic heterocycles. The molecule has 210 valence electrons. The van der Waals surface area contributed by atoms with Gasteiger partial charge in [-0.05, 0) is 56.0 Å². The van der Waals surface area contributed by atoms with Crippen LogP contribution in [0.4, 0.5) is 0 Å². The van der Waals surface area contributed by atoms with E-state index in [0.29, 0.717) is 42.3 Å². The molecule has 1 N–H and O–H groups in total. The van der Waals surface area contributed by atoms with E-state index < -0.39 is 18.1 Å². The van der Waals surface area contributed by atoms with Gasteiger partial charge in [0.15, 0.2) is 11.5 Å². The number of fused-ring (bicyclic) bond motifs is 1. The predicted molar refractivity (Wildman–Crippen MR) is 145 cm³/mol. The molecule has 0 unspecified atom stereocenters. The maximum atomic E-state index is 14.0. The first-order chi connectivity index (χ1) is 19.0. The maximum Gasteiger partial charge on any atom is 0.337 e. The topological polar surface area (TPSA) is 103 Å². The highest BCUT2D eigenvalue weighted by molar-refractivity contribution is 5.92. The molecule has 1 saturated carbocycles. The number of esters is 1. The fourth-order valence-electron chi connectivity index (χ4n) is 5.09. The van der Waals surface area contributed by atoms with Gasteiger partial charge in [0.2, 0.25) is 12.0 Å². The van der Waals surface area contributed by atoms with Crippen LogP contribution >= 0.6 is 0 Å². The summed E-state index contributed by atoms with van der Waals surface area (Å²) in [6.45, 7) is 3.24. The molecule has 4 rings (SSSR count). The summed E-state index contributed by atoms with van der Waals surface area (Å²) >= 11 is 0. The Morgan fingerprint density at radius 2 is 1.74 bits per heavy atom. The largest absolute Gasteiger partial charge is 0.485 e. The predicted octanol–water partition coefficient (Wildman–Crippen LogP) is 4.06. The van der Waals surface area contributed by atoms with Crippen molar-refractivity contribution in [1.82, 2.24) is 10.2 Å². The Kier molecular flexibility index (Phi) is 10.2. The number of rotatable bonds is 11. The lowest BCUT2D eigenvalue weighted by molar-refractivity contribution is -0.149. The van der Waals surface area contributed by atoms with Gasteiger partial charge in [-0.15, -0.1) is 0 Å². The first-order valence-corrected chi connectivity index (χ1v) is 13.8. The molecule has 2 aliphatic rings. The van der Waals surface area contributed by atoms with Crippen LogP contribution in [0.25, 0.3) is 0 Å². The molecule has 2 atom stereocenters. The maximum absolute atomic E-state index is 14.0. The second-order valence-electron chi connectivity index (χ2n) is 9.81. The molecule has 1 fully saturated rings. The molecule has 0 bridgehead atoms. The number of hydrogen-bond acceptors (Lipinski definition) is 7. The van der Waals surface area contributed by atoms with Crippen molar-refractivity contribution in [2.75, 3.05) is 33.5 Å². The van der Waals surface area contributed by atoms with Crippen molar-refractivity contribution in [3.05, 3.63) is 59.7 Å². The van der Waals surface area contributed by atoms with Crippen molar-refractivity contribution in [2.24, 2.45) is 0 Å². The SMILES string of the molecule is CCOCCCN(C(=O)[C@H]1COc2ccccc2O1)[C@@H](C(=O)NC1CCCCC1)c1ccc(C(=O)OC)cc1. The summed E-state index contributed by atoms with van der Waals surface area (Å²) < 4.78 is 22.2. The average molecular weight is 539 g/mol. The van der Waals surface area contributed by atoms with Crippen LogP contribution in [0.15, 0.2) is 48.5 Å². The number of methoxy groups -OCH3 is 1. The summed E-state index contributed by atoms with van der Waals surface area (Å²) in [5.41, 5.74) is 0.959. The van der Waals surface area contributed by atoms with E-state index in [1.165, 1.54) is 7.11 Å². The van der Waals surface area contributed by atoms with Gasteiger partial charge in [0.1, 0.15) is 12.6 Å². The van der Waals surface area contributed by atoms with Crippen LogP contribution in [0.3, 0.4) is 0 Å². The number of nitrogens with one attached hydrogen (secondary N) is 1. The number of nitrogens with zero attached hydrogens (tertiary/aromatic N) is 1. The lowest BCUT2D eigenvalue weighted by Gasteiger charge is -2.36. The molecule has 39 heavy (non-hydrogen) atoms. The van der Waals surface area contributed by atoms with E-state index in [9.17, 15) is 14.4 Å². The molecule has 1 aliphatic heterocycles. The molecular formula is C30H38N2O7. The zero-order chi connectivity index (χ0) is 27.6. The van der Waals surface area contributed by atoms with E-state index in [0.717, 1.165) is 32.1 Å². The van der Waals surface area contributed by atoms with Gasteiger partial charge < -0.3 is 29.2 Å². The normalized spacial score (nSPS) is 17.6. The van der Waals surface area contributed by atoms with Crippen LogP contribution in [0.5, 0.6) is 11.5 Å². The number of amides is 2. The number of benzene rings is 2. The standard InChI is InChI=1S/C30H38N2O7/c1-3-37-19-9-18-32(29(34)26-20-38-24-12-7-8-13-25(24)39-26)27(28(33)31-23-10-5-4-6-11-23)21-14-16-22(17-15-21)30(35)36-2/h7-8,12-17,23,26-27H,3-6,9-11,18-20H2,1-2H3,(H,31,33)/t26-,27-/m1/s1. The van der Waals surface area contributed by atoms with Crippen LogP contribution in [-0.2, 0) is 19.1 Å². The highest BCUT2D eigenvalue weighted by atomic mass is 16.6. The van der Waals surface area contributed by atoms with Crippen LogP contribution in [0.1, 0.15) is 67.4 Å². The van der Waals surface area contributed by atoms with Crippen molar-refractivity contribution in [3.8, 4) is 11.5 Å². The van der Waals surface area contributed by atoms with Crippen molar-refractivity contribution in [1.29, 1.82) is 0 Å². The fourth-order valence-corrected chi connectivity index (χ4v) is 5.09. The van der Waals surface area contributed by atoms with E-state index in [4.69, 9.17) is 18.9 Å². The van der Waals surface area contributed by atoms with E-state index in [1.807, 2.05) is 19.1 Å². The summed E-state index contributed by atoms with van der Waals surface area (Å²) in [4.78, 5) is 41.5. The van der Waals surface area contributed by atoms with Gasteiger partial charge in [-0.1, -0.05) is 43.5 Å². The first kappa shape index (κ1) is 28.4. The molecule has 2 aromatic rings. The van der Waals surface area contributed by atoms with Gasteiger partial charge in [0, 0.05) is 25.8 Å². The number of ether oxygens (including phenoxy) is 4. The molecule has 2 amide bonds. The molecule has 9 heteroatoms. The zero-order valence-electron chi connectivity index (χ0n) is 22.7. The molecule has 0 saturated heterocycles. The zero-order valence-corrected chi connectivity index (χ0v) is 22.7. The van der Waals surface area contributed by atoms with E-state index in [1.54, 1.807) is 41.3 Å². The lowest BCUT2D eigenvalue weighted by atomic mass is 9.94. The van der Waals surface area contributed by atoms with E-state index in [-0.39, 0.29) is 31.0 Å². The third-order valence-corrected chi connectivity index (χ3v) is 7.12. The van der Waals surface area contributed by atoms with Crippen LogP contribution < -0.4 is 14.8 Å². The van der Waals surface area contributed by atoms with Crippen molar-refractivity contribution in [2.45, 2.75) is 63.6 Å². The first-order valence-electron chi connectivity index (χ1n) is 13.8. The summed E-state index contributed by atoms with van der Waals surface area (Å²) in [6.07, 6.45) is 4.74. The van der Waals surface area contributed by atoms with Gasteiger partial charge in [-0.2, -0.15) is 0 Å². The monoisotopic (exact) mass is 538 g/mol. The van der Waals surface area contributed by atoms with E-state index >= 15 is 0 Å². The molecule has 9 nitrogen and oxygen atoms in total. The minimum absolute atomic E-state index is 0.0377. The van der Waals surface area contributed by atoms with Crippen LogP contribution in [-0.4, -0.2) is 68.3 Å². The summed E-state index contributed by atoms with van der Waals surface area (Å²) in [5.74, 6) is -0.00582. The van der Waals surface area contributed by atoms with Crippen LogP contribution in [0.2, 0.25) is 0 Å². The van der Waals surface area contributed by atoms with Crippen molar-refractivity contribution >= 4 is 17.8 Å². The molecular weight excluding hydrogens is 500 g/mol. The lowest BCUT2D eigenvalue weighted by Crippen LogP contribution is -2.52. The number of carbonyl (C=O) groups excluding carboxylic acids is 3. The summed E-state index contributed by atoms with van der Waals surface area (Å²) in [6, 6.07) is 13.0. The second-order valence-corrected chi connectivity index (χ2v) is 9.81. The minimum atomic E-state index is -0.923. The van der Waals surface area contributed by atoms with Gasteiger partial charge in [0.25, 0.3) is 5.91 Å². The smallest absolute Gasteiger partial charge is 0.337 e. The van der Waals surface area contributed by atoms with Gasteiger partial charge in [-0.3, -0.25) is 9.59 Å². The molecule has 2 aromatic carbocycles. The Labute approximate surface area is 229 Å². The molecule has 1 aliphatic carbocycles. The quantitative estimate of drug-likeness (QED) is 0.340. The summed E-state index contributed by atoms with van der Waals surface area (Å²) in [5, 5.41) is 3.19. The minimum Gasteiger partial charge on any atom is -0.485 e. The van der Waals surface area contributed by atoms with Crippen molar-refractivity contribution < 1.29 is 33.3 Å². The van der Waals surface area contributed by atoms with Crippen molar-refractivity contribution in [3.63, 3.8) is 0 Å². The Morgan fingerprint density at radius 1 is 1.03 bits per heavy atom. The Morgan fingerprint density at radius 3 is 2.44 bits per heavy atom. The van der Waals surface area contributed by atoms with E-state index in [2.05, 4.69) is 5.32 Å². The fraction of sp³-hybridized carbons (Fsp3) is 0.500. The third kappa shape index (κ3) is 7.29. The van der Waals surface area contributed by atoms with Gasteiger partial charge >= 0.3 is 5.97 Å². The molecule has 0 spiro atoms. The molecule has 1 heterocycles. The molecule has 0 radical (unpaired) electrons. The highest BCUT2D eigenvalue weighted by Gasteiger charge is 2.38. The third-order valence-electron chi connectivity index (χ3n) is 7.12. The summed E-state index contributed by atoms with van der Waals surface area (Å²) in [7, 11) is 1.32. The highest BCUT2D eigenvalue weighted by Crippen LogP contribution is 2.33. The Hall–Kier alpha value is -3.59. The average Bonchev–Trinajstić information content (AvgIpc) is 2.98. The van der Waals surface area contributed by atoms with Crippen LogP contribution in [0, 0.1) is 0 Å².